The van der Waals surface area contributed by atoms with Crippen LogP contribution in [-0.4, -0.2) is 32.8 Å². The standard InChI is InChI=1S/C23H23N3O5S/c1-15-7-9-20(16(2)11-15)26-32(29,30)19-6-4-5-18(13-19)23(28)25-24-14-17-8-10-22(31-3)21(27)12-17/h4-14,26-27H,1-3H3,(H,25,28)/b24-14+. The van der Waals surface area contributed by atoms with E-state index in [2.05, 4.69) is 15.2 Å². The summed E-state index contributed by atoms with van der Waals surface area (Å²) < 4.78 is 33.1. The Kier molecular flexibility index (Phi) is 6.79. The first kappa shape index (κ1) is 22.8. The molecule has 0 saturated carbocycles. The van der Waals surface area contributed by atoms with E-state index in [-0.39, 0.29) is 16.2 Å². The molecule has 3 N–H and O–H groups in total. The first-order valence-electron chi connectivity index (χ1n) is 9.60. The van der Waals surface area contributed by atoms with E-state index < -0.39 is 15.9 Å². The van der Waals surface area contributed by atoms with E-state index in [9.17, 15) is 18.3 Å². The van der Waals surface area contributed by atoms with Gasteiger partial charge in [-0.3, -0.25) is 9.52 Å². The van der Waals surface area contributed by atoms with Crippen LogP contribution in [0.4, 0.5) is 5.69 Å². The van der Waals surface area contributed by atoms with Crippen molar-refractivity contribution in [3.05, 3.63) is 82.9 Å². The summed E-state index contributed by atoms with van der Waals surface area (Å²) >= 11 is 0. The second kappa shape index (κ2) is 9.52. The highest BCUT2D eigenvalue weighted by atomic mass is 32.2. The van der Waals surface area contributed by atoms with Crippen molar-refractivity contribution in [1.82, 2.24) is 5.43 Å². The lowest BCUT2D eigenvalue weighted by molar-refractivity contribution is 0.0955. The van der Waals surface area contributed by atoms with E-state index >= 15 is 0 Å². The van der Waals surface area contributed by atoms with Crippen molar-refractivity contribution in [1.29, 1.82) is 0 Å². The molecule has 0 radical (unpaired) electrons. The molecule has 166 valence electrons. The number of hydrogen-bond donors (Lipinski definition) is 3. The van der Waals surface area contributed by atoms with Gasteiger partial charge in [-0.25, -0.2) is 13.8 Å². The van der Waals surface area contributed by atoms with Gasteiger partial charge in [0.1, 0.15) is 0 Å². The van der Waals surface area contributed by atoms with Crippen LogP contribution in [0, 0.1) is 13.8 Å². The van der Waals surface area contributed by atoms with Crippen LogP contribution in [0.1, 0.15) is 27.0 Å². The van der Waals surface area contributed by atoms with Gasteiger partial charge >= 0.3 is 0 Å². The second-order valence-electron chi connectivity index (χ2n) is 7.08. The number of carbonyl (C=O) groups excluding carboxylic acids is 1. The summed E-state index contributed by atoms with van der Waals surface area (Å²) in [5.41, 5.74) is 5.29. The number of hydrazone groups is 1. The largest absolute Gasteiger partial charge is 0.504 e. The van der Waals surface area contributed by atoms with Crippen molar-refractivity contribution in [3.63, 3.8) is 0 Å². The molecule has 0 fully saturated rings. The van der Waals surface area contributed by atoms with Crippen molar-refractivity contribution in [2.24, 2.45) is 5.10 Å². The Morgan fingerprint density at radius 1 is 1.06 bits per heavy atom. The molecule has 0 aromatic heterocycles. The number of amides is 1. The summed E-state index contributed by atoms with van der Waals surface area (Å²) in [5.74, 6) is -0.321. The zero-order chi connectivity index (χ0) is 23.3. The van der Waals surface area contributed by atoms with Crippen LogP contribution in [0.2, 0.25) is 0 Å². The fourth-order valence-corrected chi connectivity index (χ4v) is 4.13. The van der Waals surface area contributed by atoms with Crippen LogP contribution in [-0.2, 0) is 10.0 Å². The minimum absolute atomic E-state index is 0.0471. The van der Waals surface area contributed by atoms with Gasteiger partial charge in [0.25, 0.3) is 15.9 Å². The molecule has 0 aliphatic heterocycles. The van der Waals surface area contributed by atoms with Crippen LogP contribution in [0.5, 0.6) is 11.5 Å². The summed E-state index contributed by atoms with van der Waals surface area (Å²) in [6.45, 7) is 3.74. The first-order valence-corrected chi connectivity index (χ1v) is 11.1. The Morgan fingerprint density at radius 3 is 2.53 bits per heavy atom. The van der Waals surface area contributed by atoms with Gasteiger partial charge in [-0.05, 0) is 67.4 Å². The van der Waals surface area contributed by atoms with E-state index in [1.54, 1.807) is 18.2 Å². The smallest absolute Gasteiger partial charge is 0.271 e. The molecule has 0 saturated heterocycles. The van der Waals surface area contributed by atoms with Gasteiger partial charge in [-0.1, -0.05) is 23.8 Å². The van der Waals surface area contributed by atoms with Crippen LogP contribution in [0.3, 0.4) is 0 Å². The SMILES string of the molecule is COc1ccc(/C=N/NC(=O)c2cccc(S(=O)(=O)Nc3ccc(C)cc3C)c2)cc1O. The summed E-state index contributed by atoms with van der Waals surface area (Å²) in [6, 6.07) is 15.7. The number of sulfonamides is 1. The van der Waals surface area contributed by atoms with Gasteiger partial charge in [0.2, 0.25) is 0 Å². The first-order chi connectivity index (χ1) is 15.2. The minimum atomic E-state index is -3.89. The lowest BCUT2D eigenvalue weighted by Crippen LogP contribution is -2.19. The lowest BCUT2D eigenvalue weighted by Gasteiger charge is -2.12. The molecule has 0 bridgehead atoms. The fraction of sp³-hybridized carbons (Fsp3) is 0.130. The maximum atomic E-state index is 12.8. The van der Waals surface area contributed by atoms with E-state index in [1.165, 1.54) is 43.7 Å². The summed E-state index contributed by atoms with van der Waals surface area (Å²) in [7, 11) is -2.45. The molecule has 0 unspecified atom stereocenters. The second-order valence-corrected chi connectivity index (χ2v) is 8.76. The normalized spacial score (nSPS) is 11.3. The lowest BCUT2D eigenvalue weighted by atomic mass is 10.1. The summed E-state index contributed by atoms with van der Waals surface area (Å²) in [4.78, 5) is 12.4. The van der Waals surface area contributed by atoms with Crippen molar-refractivity contribution in [2.45, 2.75) is 18.7 Å². The van der Waals surface area contributed by atoms with Gasteiger partial charge in [0, 0.05) is 5.56 Å². The average molecular weight is 454 g/mol. The third-order valence-corrected chi connectivity index (χ3v) is 5.98. The van der Waals surface area contributed by atoms with Crippen LogP contribution in [0.25, 0.3) is 0 Å². The van der Waals surface area contributed by atoms with Gasteiger partial charge in [-0.2, -0.15) is 5.10 Å². The molecule has 32 heavy (non-hydrogen) atoms. The zero-order valence-electron chi connectivity index (χ0n) is 17.8. The van der Waals surface area contributed by atoms with Crippen LogP contribution in [0.15, 0.2) is 70.7 Å². The molecular weight excluding hydrogens is 430 g/mol. The van der Waals surface area contributed by atoms with Gasteiger partial charge in [0.15, 0.2) is 11.5 Å². The van der Waals surface area contributed by atoms with E-state index in [1.807, 2.05) is 26.0 Å². The fourth-order valence-electron chi connectivity index (χ4n) is 2.95. The molecule has 0 aliphatic carbocycles. The Hall–Kier alpha value is -3.85. The average Bonchev–Trinajstić information content (AvgIpc) is 2.76. The van der Waals surface area contributed by atoms with Crippen molar-refractivity contribution in [2.75, 3.05) is 11.8 Å². The number of aromatic hydroxyl groups is 1. The van der Waals surface area contributed by atoms with Gasteiger partial charge in [0.05, 0.1) is 23.9 Å². The zero-order valence-corrected chi connectivity index (χ0v) is 18.6. The van der Waals surface area contributed by atoms with Crippen molar-refractivity contribution < 1.29 is 23.1 Å². The third-order valence-electron chi connectivity index (χ3n) is 4.62. The number of carbonyl (C=O) groups is 1. The molecule has 0 heterocycles. The molecule has 3 aromatic rings. The molecule has 3 aromatic carbocycles. The molecule has 9 heteroatoms. The van der Waals surface area contributed by atoms with E-state index in [4.69, 9.17) is 4.74 Å². The molecule has 0 spiro atoms. The highest BCUT2D eigenvalue weighted by Crippen LogP contribution is 2.25. The summed E-state index contributed by atoms with van der Waals surface area (Å²) in [5, 5.41) is 13.6. The van der Waals surface area contributed by atoms with Crippen molar-refractivity contribution >= 4 is 27.8 Å². The van der Waals surface area contributed by atoms with Gasteiger partial charge < -0.3 is 9.84 Å². The maximum Gasteiger partial charge on any atom is 0.271 e. The Labute approximate surface area is 186 Å². The Bertz CT molecular complexity index is 1290. The predicted molar refractivity (Wildman–Crippen MR) is 123 cm³/mol. The van der Waals surface area contributed by atoms with Crippen molar-refractivity contribution in [3.8, 4) is 11.5 Å². The number of anilines is 1. The monoisotopic (exact) mass is 453 g/mol. The molecule has 0 atom stereocenters. The number of ether oxygens (including phenoxy) is 1. The van der Waals surface area contributed by atoms with Crippen LogP contribution >= 0.6 is 0 Å². The van der Waals surface area contributed by atoms with Gasteiger partial charge in [-0.15, -0.1) is 0 Å². The molecule has 1 amide bonds. The molecule has 0 aliphatic rings. The molecular formula is C23H23N3O5S. The topological polar surface area (TPSA) is 117 Å². The number of phenols is 1. The third kappa shape index (κ3) is 5.44. The quantitative estimate of drug-likeness (QED) is 0.373. The molecule has 3 rings (SSSR count). The summed E-state index contributed by atoms with van der Waals surface area (Å²) in [6.07, 6.45) is 1.35. The van der Waals surface area contributed by atoms with Crippen LogP contribution < -0.4 is 14.9 Å². The maximum absolute atomic E-state index is 12.8. The number of methoxy groups -OCH3 is 1. The number of benzene rings is 3. The Morgan fingerprint density at radius 2 is 1.84 bits per heavy atom. The minimum Gasteiger partial charge on any atom is -0.504 e. The van der Waals surface area contributed by atoms with E-state index in [0.29, 0.717) is 17.0 Å². The number of hydrogen-bond acceptors (Lipinski definition) is 6. The Balaban J connectivity index is 1.73. The predicted octanol–water partition coefficient (Wildman–Crippen LogP) is 3.58. The molecule has 8 nitrogen and oxygen atoms in total. The highest BCUT2D eigenvalue weighted by Gasteiger charge is 2.17. The number of rotatable bonds is 7. The van der Waals surface area contributed by atoms with E-state index in [0.717, 1.165) is 11.1 Å². The number of nitrogens with one attached hydrogen (secondary N) is 2. The highest BCUT2D eigenvalue weighted by molar-refractivity contribution is 7.92. The number of nitrogens with zero attached hydrogens (tertiary/aromatic N) is 1. The number of phenolic OH excluding ortho intramolecular Hbond substituents is 1. The number of aryl methyl sites for hydroxylation is 2.